The lowest BCUT2D eigenvalue weighted by molar-refractivity contribution is 0.291. The molecule has 1 aliphatic heterocycles. The largest absolute Gasteiger partial charge is 0.314 e. The van der Waals surface area contributed by atoms with Gasteiger partial charge in [-0.25, -0.2) is 12.7 Å². The van der Waals surface area contributed by atoms with E-state index in [0.29, 0.717) is 19.1 Å². The van der Waals surface area contributed by atoms with Gasteiger partial charge in [0.1, 0.15) is 0 Å². The third kappa shape index (κ3) is 4.03. The number of hydrogen-bond acceptors (Lipinski definition) is 3. The van der Waals surface area contributed by atoms with Gasteiger partial charge in [-0.2, -0.15) is 0 Å². The van der Waals surface area contributed by atoms with Crippen LogP contribution in [0.15, 0.2) is 0 Å². The number of hydrogen-bond donors (Lipinski definition) is 1. The summed E-state index contributed by atoms with van der Waals surface area (Å²) in [4.78, 5) is 0. The molecule has 96 valence electrons. The molecular weight excluding hydrogens is 224 g/mol. The standard InChI is InChI=1S/C11H24N2O2S/c1-4-12-11-5-7-13(8-6-11)16(14,15)9-10(2)3/h10-12H,4-9H2,1-3H3. The Morgan fingerprint density at radius 1 is 1.31 bits per heavy atom. The van der Waals surface area contributed by atoms with E-state index < -0.39 is 10.0 Å². The predicted octanol–water partition coefficient (Wildman–Crippen LogP) is 1.05. The highest BCUT2D eigenvalue weighted by Crippen LogP contribution is 2.16. The Balaban J connectivity index is 2.47. The van der Waals surface area contributed by atoms with Crippen LogP contribution >= 0.6 is 0 Å². The molecule has 0 aromatic carbocycles. The smallest absolute Gasteiger partial charge is 0.214 e. The molecule has 0 spiro atoms. The molecule has 1 fully saturated rings. The van der Waals surface area contributed by atoms with Crippen molar-refractivity contribution in [3.05, 3.63) is 0 Å². The van der Waals surface area contributed by atoms with E-state index in [2.05, 4.69) is 12.2 Å². The lowest BCUT2D eigenvalue weighted by atomic mass is 10.1. The fraction of sp³-hybridized carbons (Fsp3) is 1.00. The third-order valence-electron chi connectivity index (χ3n) is 2.88. The Morgan fingerprint density at radius 3 is 2.31 bits per heavy atom. The van der Waals surface area contributed by atoms with Gasteiger partial charge in [-0.1, -0.05) is 20.8 Å². The minimum absolute atomic E-state index is 0.205. The van der Waals surface area contributed by atoms with Gasteiger partial charge in [0.2, 0.25) is 10.0 Å². The molecule has 0 aromatic heterocycles. The Labute approximate surface area is 99.5 Å². The molecule has 4 nitrogen and oxygen atoms in total. The fourth-order valence-corrected chi connectivity index (χ4v) is 3.97. The second-order valence-corrected chi connectivity index (χ2v) is 6.92. The summed E-state index contributed by atoms with van der Waals surface area (Å²) in [5.41, 5.74) is 0. The van der Waals surface area contributed by atoms with Gasteiger partial charge in [-0.15, -0.1) is 0 Å². The third-order valence-corrected chi connectivity index (χ3v) is 5.12. The van der Waals surface area contributed by atoms with Crippen molar-refractivity contribution in [2.24, 2.45) is 5.92 Å². The Bertz CT molecular complexity index is 293. The SMILES string of the molecule is CCNC1CCN(S(=O)(=O)CC(C)C)CC1. The van der Waals surface area contributed by atoms with E-state index in [1.807, 2.05) is 13.8 Å². The van der Waals surface area contributed by atoms with Gasteiger partial charge in [0, 0.05) is 19.1 Å². The maximum absolute atomic E-state index is 12.0. The van der Waals surface area contributed by atoms with Crippen LogP contribution in [-0.2, 0) is 10.0 Å². The number of rotatable bonds is 5. The minimum Gasteiger partial charge on any atom is -0.314 e. The van der Waals surface area contributed by atoms with Crippen molar-refractivity contribution < 1.29 is 8.42 Å². The van der Waals surface area contributed by atoms with E-state index >= 15 is 0 Å². The number of nitrogens with one attached hydrogen (secondary N) is 1. The van der Waals surface area contributed by atoms with E-state index in [1.165, 1.54) is 0 Å². The zero-order valence-electron chi connectivity index (χ0n) is 10.6. The van der Waals surface area contributed by atoms with E-state index in [4.69, 9.17) is 0 Å². The van der Waals surface area contributed by atoms with Crippen molar-refractivity contribution in [3.8, 4) is 0 Å². The first-order valence-electron chi connectivity index (χ1n) is 6.17. The van der Waals surface area contributed by atoms with Crippen molar-refractivity contribution >= 4 is 10.0 Å². The molecule has 1 N–H and O–H groups in total. The normalized spacial score (nSPS) is 20.5. The van der Waals surface area contributed by atoms with Gasteiger partial charge in [0.05, 0.1) is 5.75 Å². The summed E-state index contributed by atoms with van der Waals surface area (Å²) < 4.78 is 25.6. The number of nitrogens with zero attached hydrogens (tertiary/aromatic N) is 1. The van der Waals surface area contributed by atoms with Crippen LogP contribution in [0.2, 0.25) is 0 Å². The molecule has 1 rings (SSSR count). The van der Waals surface area contributed by atoms with Crippen LogP contribution < -0.4 is 5.32 Å². The van der Waals surface area contributed by atoms with Crippen molar-refractivity contribution in [3.63, 3.8) is 0 Å². The van der Waals surface area contributed by atoms with Crippen LogP contribution in [0.3, 0.4) is 0 Å². The quantitative estimate of drug-likeness (QED) is 0.791. The summed E-state index contributed by atoms with van der Waals surface area (Å²) in [6, 6.07) is 0.496. The topological polar surface area (TPSA) is 49.4 Å². The van der Waals surface area contributed by atoms with Crippen LogP contribution in [-0.4, -0.2) is 44.2 Å². The molecule has 1 heterocycles. The molecule has 0 aliphatic carbocycles. The van der Waals surface area contributed by atoms with Crippen LogP contribution in [0, 0.1) is 5.92 Å². The first-order valence-corrected chi connectivity index (χ1v) is 7.77. The first-order chi connectivity index (χ1) is 7.45. The van der Waals surface area contributed by atoms with Gasteiger partial charge in [-0.3, -0.25) is 0 Å². The Hall–Kier alpha value is -0.130. The number of piperidine rings is 1. The summed E-state index contributed by atoms with van der Waals surface area (Å²) in [7, 11) is -3.02. The van der Waals surface area contributed by atoms with E-state index in [-0.39, 0.29) is 11.7 Å². The highest BCUT2D eigenvalue weighted by atomic mass is 32.2. The summed E-state index contributed by atoms with van der Waals surface area (Å²) >= 11 is 0. The Kier molecular flexibility index (Phi) is 5.21. The minimum atomic E-state index is -3.02. The zero-order valence-corrected chi connectivity index (χ0v) is 11.4. The molecular formula is C11H24N2O2S. The molecule has 1 saturated heterocycles. The van der Waals surface area contributed by atoms with Gasteiger partial charge >= 0.3 is 0 Å². The van der Waals surface area contributed by atoms with E-state index in [0.717, 1.165) is 19.4 Å². The Morgan fingerprint density at radius 2 is 1.88 bits per heavy atom. The molecule has 0 atom stereocenters. The van der Waals surface area contributed by atoms with E-state index in [1.54, 1.807) is 4.31 Å². The molecule has 1 aliphatic rings. The molecule has 0 amide bonds. The highest BCUT2D eigenvalue weighted by molar-refractivity contribution is 7.89. The summed E-state index contributed by atoms with van der Waals surface area (Å²) in [5, 5.41) is 3.38. The van der Waals surface area contributed by atoms with Gasteiger partial charge < -0.3 is 5.32 Å². The second kappa shape index (κ2) is 5.98. The monoisotopic (exact) mass is 248 g/mol. The molecule has 0 radical (unpaired) electrons. The number of sulfonamides is 1. The summed E-state index contributed by atoms with van der Waals surface area (Å²) in [6.45, 7) is 8.29. The van der Waals surface area contributed by atoms with Crippen molar-refractivity contribution in [1.82, 2.24) is 9.62 Å². The molecule has 5 heteroatoms. The van der Waals surface area contributed by atoms with Crippen LogP contribution in [0.25, 0.3) is 0 Å². The van der Waals surface area contributed by atoms with Crippen LogP contribution in [0.5, 0.6) is 0 Å². The van der Waals surface area contributed by atoms with E-state index in [9.17, 15) is 8.42 Å². The molecule has 0 aromatic rings. The molecule has 0 bridgehead atoms. The predicted molar refractivity (Wildman–Crippen MR) is 66.9 cm³/mol. The lowest BCUT2D eigenvalue weighted by Crippen LogP contribution is -2.45. The fourth-order valence-electron chi connectivity index (χ4n) is 2.15. The zero-order chi connectivity index (χ0) is 12.2. The molecule has 0 saturated carbocycles. The lowest BCUT2D eigenvalue weighted by Gasteiger charge is -2.31. The summed E-state index contributed by atoms with van der Waals surface area (Å²) in [6.07, 6.45) is 1.87. The maximum atomic E-state index is 12.0. The van der Waals surface area contributed by atoms with Gasteiger partial charge in [-0.05, 0) is 25.3 Å². The van der Waals surface area contributed by atoms with Gasteiger partial charge in [0.15, 0.2) is 0 Å². The highest BCUT2D eigenvalue weighted by Gasteiger charge is 2.27. The van der Waals surface area contributed by atoms with Crippen molar-refractivity contribution in [1.29, 1.82) is 0 Å². The molecule has 16 heavy (non-hydrogen) atoms. The van der Waals surface area contributed by atoms with Crippen molar-refractivity contribution in [2.45, 2.75) is 39.7 Å². The van der Waals surface area contributed by atoms with Crippen LogP contribution in [0.1, 0.15) is 33.6 Å². The van der Waals surface area contributed by atoms with Crippen LogP contribution in [0.4, 0.5) is 0 Å². The second-order valence-electron chi connectivity index (χ2n) is 4.90. The van der Waals surface area contributed by atoms with Gasteiger partial charge in [0.25, 0.3) is 0 Å². The van der Waals surface area contributed by atoms with Crippen molar-refractivity contribution in [2.75, 3.05) is 25.4 Å². The summed E-state index contributed by atoms with van der Waals surface area (Å²) in [5.74, 6) is 0.482. The maximum Gasteiger partial charge on any atom is 0.214 e. The molecule has 0 unspecified atom stereocenters. The average Bonchev–Trinajstić information content (AvgIpc) is 2.17. The average molecular weight is 248 g/mol. The first kappa shape index (κ1) is 13.9.